The fourth-order valence-corrected chi connectivity index (χ4v) is 2.74. The van der Waals surface area contributed by atoms with Gasteiger partial charge in [-0.1, -0.05) is 36.9 Å². The summed E-state index contributed by atoms with van der Waals surface area (Å²) in [5, 5.41) is 18.6. The van der Waals surface area contributed by atoms with E-state index in [2.05, 4.69) is 0 Å². The highest BCUT2D eigenvalue weighted by Gasteiger charge is 2.04. The molecule has 0 aliphatic rings. The Morgan fingerprint density at radius 1 is 1.10 bits per heavy atom. The number of aryl methyl sites for hydroxylation is 1. The molecular weight excluding hydrogens is 272 g/mol. The van der Waals surface area contributed by atoms with Crippen LogP contribution in [-0.4, -0.2) is 16.2 Å². The fraction of sp³-hybridized carbons (Fsp3) is 0.188. The number of benzene rings is 2. The van der Waals surface area contributed by atoms with Gasteiger partial charge in [-0.25, -0.2) is 0 Å². The molecule has 0 aliphatic heterocycles. The van der Waals surface area contributed by atoms with Crippen LogP contribution in [0.2, 0.25) is 0 Å². The predicted octanol–water partition coefficient (Wildman–Crippen LogP) is 3.73. The molecule has 0 aliphatic carbocycles. The molecule has 3 nitrogen and oxygen atoms in total. The summed E-state index contributed by atoms with van der Waals surface area (Å²) < 4.78 is 0. The monoisotopic (exact) mass is 288 g/mol. The molecule has 0 saturated carbocycles. The van der Waals surface area contributed by atoms with Gasteiger partial charge in [-0.3, -0.25) is 4.79 Å². The number of hydrogen-bond acceptors (Lipinski definition) is 3. The van der Waals surface area contributed by atoms with E-state index in [0.29, 0.717) is 5.75 Å². The molecule has 0 saturated heterocycles. The topological polar surface area (TPSA) is 57.5 Å². The second kappa shape index (κ2) is 6.48. The Morgan fingerprint density at radius 2 is 1.75 bits per heavy atom. The lowest BCUT2D eigenvalue weighted by molar-refractivity contribution is -0.136. The van der Waals surface area contributed by atoms with Gasteiger partial charge in [0, 0.05) is 9.79 Å². The van der Waals surface area contributed by atoms with Gasteiger partial charge in [-0.2, -0.15) is 0 Å². The number of carbonyl (C=O) groups is 1. The van der Waals surface area contributed by atoms with Crippen molar-refractivity contribution in [1.82, 2.24) is 0 Å². The van der Waals surface area contributed by atoms with Crippen LogP contribution in [0.4, 0.5) is 0 Å². The van der Waals surface area contributed by atoms with Crippen LogP contribution in [0.1, 0.15) is 18.1 Å². The third-order valence-electron chi connectivity index (χ3n) is 2.95. The normalized spacial score (nSPS) is 10.4. The van der Waals surface area contributed by atoms with Crippen molar-refractivity contribution in [2.45, 2.75) is 29.6 Å². The van der Waals surface area contributed by atoms with Crippen LogP contribution in [0.25, 0.3) is 0 Å². The van der Waals surface area contributed by atoms with Gasteiger partial charge in [0.2, 0.25) is 0 Å². The first kappa shape index (κ1) is 14.5. The largest absolute Gasteiger partial charge is 0.508 e. The summed E-state index contributed by atoms with van der Waals surface area (Å²) in [6.07, 6.45) is 0.845. The lowest BCUT2D eigenvalue weighted by Gasteiger charge is -2.06. The Hall–Kier alpha value is -1.94. The molecule has 2 N–H and O–H groups in total. The van der Waals surface area contributed by atoms with E-state index < -0.39 is 5.97 Å². The molecule has 0 aromatic heterocycles. The van der Waals surface area contributed by atoms with E-state index in [1.54, 1.807) is 17.8 Å². The third kappa shape index (κ3) is 3.78. The van der Waals surface area contributed by atoms with E-state index in [9.17, 15) is 9.90 Å². The lowest BCUT2D eigenvalue weighted by atomic mass is 10.1. The predicted molar refractivity (Wildman–Crippen MR) is 79.4 cm³/mol. The van der Waals surface area contributed by atoms with Crippen LogP contribution >= 0.6 is 11.8 Å². The number of carboxylic acids is 1. The summed E-state index contributed by atoms with van der Waals surface area (Å²) >= 11 is 1.54. The molecule has 104 valence electrons. The van der Waals surface area contributed by atoms with E-state index in [1.165, 1.54) is 0 Å². The lowest BCUT2D eigenvalue weighted by Crippen LogP contribution is -1.99. The summed E-state index contributed by atoms with van der Waals surface area (Å²) in [6, 6.07) is 13.1. The van der Waals surface area contributed by atoms with Gasteiger partial charge < -0.3 is 10.2 Å². The Labute approximate surface area is 122 Å². The molecule has 2 aromatic carbocycles. The van der Waals surface area contributed by atoms with Gasteiger partial charge in [-0.15, -0.1) is 0 Å². The minimum atomic E-state index is -0.828. The molecule has 2 aromatic rings. The summed E-state index contributed by atoms with van der Waals surface area (Å²) in [5.74, 6) is -0.509. The zero-order chi connectivity index (χ0) is 14.5. The SMILES string of the molecule is CCc1ccc(Sc2ccc(CC(=O)O)cc2)cc1O. The highest BCUT2D eigenvalue weighted by molar-refractivity contribution is 7.99. The van der Waals surface area contributed by atoms with E-state index >= 15 is 0 Å². The van der Waals surface area contributed by atoms with Crippen molar-refractivity contribution in [2.75, 3.05) is 0 Å². The second-order valence-corrected chi connectivity index (χ2v) is 5.61. The minimum absolute atomic E-state index is 0.0386. The molecule has 20 heavy (non-hydrogen) atoms. The molecule has 0 unspecified atom stereocenters. The van der Waals surface area contributed by atoms with Crippen molar-refractivity contribution in [2.24, 2.45) is 0 Å². The van der Waals surface area contributed by atoms with Crippen LogP contribution in [-0.2, 0) is 17.6 Å². The van der Waals surface area contributed by atoms with Crippen LogP contribution in [0, 0.1) is 0 Å². The summed E-state index contributed by atoms with van der Waals surface area (Å²) in [7, 11) is 0. The smallest absolute Gasteiger partial charge is 0.307 e. The summed E-state index contributed by atoms with van der Waals surface area (Å²) in [5.41, 5.74) is 1.72. The number of phenolic OH excluding ortho intramolecular Hbond substituents is 1. The van der Waals surface area contributed by atoms with Crippen molar-refractivity contribution in [1.29, 1.82) is 0 Å². The molecule has 0 bridgehead atoms. The first-order chi connectivity index (χ1) is 9.58. The summed E-state index contributed by atoms with van der Waals surface area (Å²) in [4.78, 5) is 12.6. The molecule has 0 heterocycles. The third-order valence-corrected chi connectivity index (χ3v) is 3.95. The Bertz CT molecular complexity index is 606. The van der Waals surface area contributed by atoms with Crippen molar-refractivity contribution in [3.63, 3.8) is 0 Å². The van der Waals surface area contributed by atoms with Crippen LogP contribution in [0.5, 0.6) is 5.75 Å². The van der Waals surface area contributed by atoms with Gasteiger partial charge in [-0.05, 0) is 41.8 Å². The maximum atomic E-state index is 10.6. The van der Waals surface area contributed by atoms with Crippen molar-refractivity contribution >= 4 is 17.7 Å². The molecule has 2 rings (SSSR count). The van der Waals surface area contributed by atoms with Gasteiger partial charge in [0.15, 0.2) is 0 Å². The quantitative estimate of drug-likeness (QED) is 0.880. The van der Waals surface area contributed by atoms with Crippen molar-refractivity contribution in [3.8, 4) is 5.75 Å². The first-order valence-electron chi connectivity index (χ1n) is 6.39. The number of carboxylic acid groups (broad SMARTS) is 1. The fourth-order valence-electron chi connectivity index (χ4n) is 1.89. The van der Waals surface area contributed by atoms with Gasteiger partial charge in [0.05, 0.1) is 6.42 Å². The molecule has 0 amide bonds. The zero-order valence-corrected chi connectivity index (χ0v) is 12.0. The molecule has 0 atom stereocenters. The highest BCUT2D eigenvalue weighted by Crippen LogP contribution is 2.31. The Kier molecular flexibility index (Phi) is 4.69. The van der Waals surface area contributed by atoms with Gasteiger partial charge >= 0.3 is 5.97 Å². The maximum Gasteiger partial charge on any atom is 0.307 e. The minimum Gasteiger partial charge on any atom is -0.508 e. The van der Waals surface area contributed by atoms with Crippen LogP contribution in [0.15, 0.2) is 52.3 Å². The number of aromatic hydroxyl groups is 1. The standard InChI is InChI=1S/C16H16O3S/c1-2-12-5-8-14(10-15(12)17)20-13-6-3-11(4-7-13)9-16(18)19/h3-8,10,17H,2,9H2,1H3,(H,18,19). The molecular formula is C16H16O3S. The number of hydrogen-bond donors (Lipinski definition) is 2. The zero-order valence-electron chi connectivity index (χ0n) is 11.2. The Morgan fingerprint density at radius 3 is 2.30 bits per heavy atom. The van der Waals surface area contributed by atoms with E-state index in [4.69, 9.17) is 5.11 Å². The molecule has 0 radical (unpaired) electrons. The van der Waals surface area contributed by atoms with E-state index in [1.807, 2.05) is 43.3 Å². The van der Waals surface area contributed by atoms with E-state index in [-0.39, 0.29) is 6.42 Å². The van der Waals surface area contributed by atoms with Crippen molar-refractivity contribution in [3.05, 3.63) is 53.6 Å². The average molecular weight is 288 g/mol. The van der Waals surface area contributed by atoms with Crippen LogP contribution in [0.3, 0.4) is 0 Å². The average Bonchev–Trinajstić information content (AvgIpc) is 2.41. The number of phenols is 1. The van der Waals surface area contributed by atoms with Gasteiger partial charge in [0.25, 0.3) is 0 Å². The van der Waals surface area contributed by atoms with Gasteiger partial charge in [0.1, 0.15) is 5.75 Å². The molecule has 4 heteroatoms. The van der Waals surface area contributed by atoms with E-state index in [0.717, 1.165) is 27.3 Å². The first-order valence-corrected chi connectivity index (χ1v) is 7.20. The second-order valence-electron chi connectivity index (χ2n) is 4.46. The maximum absolute atomic E-state index is 10.6. The molecule has 0 spiro atoms. The highest BCUT2D eigenvalue weighted by atomic mass is 32.2. The molecule has 0 fully saturated rings. The van der Waals surface area contributed by atoms with Crippen molar-refractivity contribution < 1.29 is 15.0 Å². The number of aliphatic carboxylic acids is 1. The van der Waals surface area contributed by atoms with Crippen LogP contribution < -0.4 is 0 Å². The summed E-state index contributed by atoms with van der Waals surface area (Å²) in [6.45, 7) is 2.00. The Balaban J connectivity index is 2.10. The number of rotatable bonds is 5.